The summed E-state index contributed by atoms with van der Waals surface area (Å²) in [4.78, 5) is 12.4. The van der Waals surface area contributed by atoms with Gasteiger partial charge in [-0.3, -0.25) is 0 Å². The second-order valence-electron chi connectivity index (χ2n) is 16.8. The van der Waals surface area contributed by atoms with E-state index in [4.69, 9.17) is 9.97 Å². The van der Waals surface area contributed by atoms with Gasteiger partial charge < -0.3 is 23.2 Å². The number of anilines is 3. The quantitative estimate of drug-likeness (QED) is 0.161. The van der Waals surface area contributed by atoms with E-state index in [2.05, 4.69) is 237 Å². The van der Waals surface area contributed by atoms with E-state index >= 15 is 0 Å². The van der Waals surface area contributed by atoms with Gasteiger partial charge in [0.15, 0.2) is 0 Å². The molecule has 0 bridgehead atoms. The van der Waals surface area contributed by atoms with Crippen LogP contribution in [0.5, 0.6) is 0 Å². The molecule has 0 amide bonds. The maximum Gasteiger partial charge on any atom is 0.140 e. The highest BCUT2D eigenvalue weighted by Gasteiger charge is 2.25. The summed E-state index contributed by atoms with van der Waals surface area (Å²) in [6, 6.07) is 76.1. The smallest absolute Gasteiger partial charge is 0.140 e. The molecular formula is C58H41N7. The molecule has 0 N–H and O–H groups in total. The number of aryl methyl sites for hydroxylation is 2. The van der Waals surface area contributed by atoms with Crippen molar-refractivity contribution in [3.8, 4) is 34.2 Å². The fourth-order valence-electron chi connectivity index (χ4n) is 10.2. The Bertz CT molecular complexity index is 3720. The molecule has 65 heavy (non-hydrogen) atoms. The van der Waals surface area contributed by atoms with Crippen LogP contribution in [0.4, 0.5) is 17.1 Å². The Labute approximate surface area is 374 Å². The van der Waals surface area contributed by atoms with Crippen molar-refractivity contribution < 1.29 is 0 Å². The Morgan fingerprint density at radius 3 is 1.17 bits per heavy atom. The van der Waals surface area contributed by atoms with E-state index in [0.29, 0.717) is 0 Å². The second-order valence-corrected chi connectivity index (χ2v) is 16.8. The summed E-state index contributed by atoms with van der Waals surface area (Å²) in [6.45, 7) is 0. The van der Waals surface area contributed by atoms with Crippen LogP contribution in [-0.4, -0.2) is 28.2 Å². The number of nitrogens with zero attached hydrogens (tertiary/aromatic N) is 7. The zero-order valence-electron chi connectivity index (χ0n) is 35.8. The van der Waals surface area contributed by atoms with Crippen molar-refractivity contribution in [3.05, 3.63) is 212 Å². The average molecular weight is 836 g/mol. The molecule has 9 aromatic carbocycles. The van der Waals surface area contributed by atoms with Crippen molar-refractivity contribution in [3.63, 3.8) is 0 Å². The van der Waals surface area contributed by atoms with Crippen molar-refractivity contribution in [2.24, 2.45) is 14.1 Å². The van der Waals surface area contributed by atoms with Crippen LogP contribution in [0.3, 0.4) is 0 Å². The summed E-state index contributed by atoms with van der Waals surface area (Å²) in [5.74, 6) is 1.90. The minimum atomic E-state index is 0.950. The first kappa shape index (κ1) is 36.9. The predicted molar refractivity (Wildman–Crippen MR) is 269 cm³/mol. The third kappa shape index (κ3) is 5.62. The first-order valence-electron chi connectivity index (χ1n) is 22.0. The van der Waals surface area contributed by atoms with Gasteiger partial charge in [0.1, 0.15) is 11.6 Å². The molecule has 13 aromatic rings. The van der Waals surface area contributed by atoms with Crippen LogP contribution in [0.2, 0.25) is 0 Å². The van der Waals surface area contributed by atoms with E-state index in [1.807, 2.05) is 12.1 Å². The Balaban J connectivity index is 0.992. The zero-order valence-corrected chi connectivity index (χ0v) is 35.8. The third-order valence-corrected chi connectivity index (χ3v) is 13.2. The molecule has 0 aliphatic carbocycles. The molecule has 4 heterocycles. The maximum atomic E-state index is 4.99. The maximum absolute atomic E-state index is 4.99. The van der Waals surface area contributed by atoms with Crippen molar-refractivity contribution >= 4 is 82.7 Å². The van der Waals surface area contributed by atoms with Crippen LogP contribution >= 0.6 is 0 Å². The summed E-state index contributed by atoms with van der Waals surface area (Å²) < 4.78 is 9.15. The Morgan fingerprint density at radius 2 is 0.723 bits per heavy atom. The van der Waals surface area contributed by atoms with Gasteiger partial charge in [-0.25, -0.2) is 9.97 Å². The van der Waals surface area contributed by atoms with Gasteiger partial charge in [-0.15, -0.1) is 0 Å². The Kier molecular flexibility index (Phi) is 8.20. The lowest BCUT2D eigenvalue weighted by Gasteiger charge is -2.27. The van der Waals surface area contributed by atoms with Crippen LogP contribution in [0.1, 0.15) is 0 Å². The van der Waals surface area contributed by atoms with Crippen molar-refractivity contribution in [1.82, 2.24) is 28.2 Å². The largest absolute Gasteiger partial charge is 0.327 e. The number of hydrogen-bond acceptors (Lipinski definition) is 3. The van der Waals surface area contributed by atoms with Crippen LogP contribution < -0.4 is 4.90 Å². The molecular weight excluding hydrogens is 795 g/mol. The number of para-hydroxylation sites is 7. The van der Waals surface area contributed by atoms with Crippen LogP contribution in [-0.2, 0) is 14.1 Å². The molecule has 0 fully saturated rings. The molecule has 0 atom stereocenters. The van der Waals surface area contributed by atoms with E-state index in [-0.39, 0.29) is 0 Å². The molecule has 0 radical (unpaired) electrons. The minimum Gasteiger partial charge on any atom is -0.327 e. The molecule has 0 saturated heterocycles. The molecule has 7 nitrogen and oxygen atoms in total. The fourth-order valence-corrected chi connectivity index (χ4v) is 10.2. The van der Waals surface area contributed by atoms with Gasteiger partial charge in [0, 0.05) is 63.8 Å². The van der Waals surface area contributed by atoms with Gasteiger partial charge in [-0.2, -0.15) is 0 Å². The summed E-state index contributed by atoms with van der Waals surface area (Å²) in [5.41, 5.74) is 16.4. The van der Waals surface area contributed by atoms with E-state index in [1.165, 1.54) is 21.5 Å². The summed E-state index contributed by atoms with van der Waals surface area (Å²) in [5, 5.41) is 4.75. The van der Waals surface area contributed by atoms with E-state index in [9.17, 15) is 0 Å². The van der Waals surface area contributed by atoms with E-state index in [1.54, 1.807) is 0 Å². The summed E-state index contributed by atoms with van der Waals surface area (Å²) in [6.07, 6.45) is 0. The van der Waals surface area contributed by atoms with E-state index in [0.717, 1.165) is 95.3 Å². The standard InChI is InChI=1S/C58H41N7/c1-61-49-24-12-8-20-45(49)59-57(61)38-30-34-41(35-31-38)63-47-22-10-6-18-43(47)55-51(63)26-14-28-53(55)65(40-16-4-3-5-17-40)54-29-15-27-52-56(54)44-19-7-11-23-48(44)64(52)42-36-32-39(33-37-42)58-60-46-21-9-13-25-50(46)62(58)2/h3-37H,1-2H3. The topological polar surface area (TPSA) is 48.7 Å². The molecule has 13 rings (SSSR count). The number of rotatable bonds is 7. The molecule has 0 aliphatic heterocycles. The summed E-state index contributed by atoms with van der Waals surface area (Å²) >= 11 is 0. The van der Waals surface area contributed by atoms with Crippen LogP contribution in [0, 0.1) is 0 Å². The SMILES string of the molecule is Cn1c(-c2ccc(-n3c4ccccc4c4c(N(c5ccccc5)c5cccc6c5c5ccccc5n6-c5ccc(-c6nc7ccccc7n6C)cc5)cccc43)cc2)nc2ccccc21. The second kappa shape index (κ2) is 14.4. The van der Waals surface area contributed by atoms with E-state index < -0.39 is 0 Å². The lowest BCUT2D eigenvalue weighted by molar-refractivity contribution is 0.959. The Hall–Kier alpha value is -8.68. The van der Waals surface area contributed by atoms with Gasteiger partial charge in [-0.1, -0.05) is 91.0 Å². The highest BCUT2D eigenvalue weighted by molar-refractivity contribution is 6.20. The van der Waals surface area contributed by atoms with Crippen molar-refractivity contribution in [2.45, 2.75) is 0 Å². The number of imidazole rings is 2. The lowest BCUT2D eigenvalue weighted by Crippen LogP contribution is -2.11. The molecule has 0 aliphatic rings. The number of aromatic nitrogens is 6. The summed E-state index contributed by atoms with van der Waals surface area (Å²) in [7, 11) is 4.18. The van der Waals surface area contributed by atoms with Gasteiger partial charge in [0.05, 0.1) is 55.5 Å². The van der Waals surface area contributed by atoms with Crippen LogP contribution in [0.25, 0.3) is 99.8 Å². The highest BCUT2D eigenvalue weighted by Crippen LogP contribution is 2.48. The molecule has 0 unspecified atom stereocenters. The van der Waals surface area contributed by atoms with Gasteiger partial charge in [-0.05, 0) is 121 Å². The molecule has 0 spiro atoms. The number of hydrogen-bond donors (Lipinski definition) is 0. The number of benzene rings is 9. The average Bonchev–Trinajstić information content (AvgIpc) is 4.10. The van der Waals surface area contributed by atoms with Crippen molar-refractivity contribution in [1.29, 1.82) is 0 Å². The first-order valence-corrected chi connectivity index (χ1v) is 22.0. The minimum absolute atomic E-state index is 0.950. The van der Waals surface area contributed by atoms with Gasteiger partial charge in [0.25, 0.3) is 0 Å². The van der Waals surface area contributed by atoms with Gasteiger partial charge >= 0.3 is 0 Å². The van der Waals surface area contributed by atoms with Crippen molar-refractivity contribution in [2.75, 3.05) is 4.90 Å². The fraction of sp³-hybridized carbons (Fsp3) is 0.0345. The van der Waals surface area contributed by atoms with Crippen LogP contribution in [0.15, 0.2) is 212 Å². The van der Waals surface area contributed by atoms with Gasteiger partial charge in [0.2, 0.25) is 0 Å². The number of fused-ring (bicyclic) bond motifs is 8. The molecule has 308 valence electrons. The first-order chi connectivity index (χ1) is 32.1. The normalized spacial score (nSPS) is 11.8. The predicted octanol–water partition coefficient (Wildman–Crippen LogP) is 14.5. The monoisotopic (exact) mass is 835 g/mol. The highest BCUT2D eigenvalue weighted by atomic mass is 15.2. The molecule has 4 aromatic heterocycles. The molecule has 7 heteroatoms. The zero-order chi connectivity index (χ0) is 43.2. The third-order valence-electron chi connectivity index (χ3n) is 13.2. The Morgan fingerprint density at radius 1 is 0.338 bits per heavy atom. The molecule has 0 saturated carbocycles. The lowest BCUT2D eigenvalue weighted by atomic mass is 10.1.